The minimum absolute atomic E-state index is 0.0580. The Labute approximate surface area is 104 Å². The fraction of sp³-hybridized carbons (Fsp3) is 0.600. The molecule has 1 aromatic rings. The van der Waals surface area contributed by atoms with E-state index in [0.717, 1.165) is 19.4 Å². The minimum atomic E-state index is 0.0580. The van der Waals surface area contributed by atoms with E-state index in [9.17, 15) is 5.11 Å². The summed E-state index contributed by atoms with van der Waals surface area (Å²) in [6, 6.07) is 8.83. The van der Waals surface area contributed by atoms with Gasteiger partial charge in [-0.25, -0.2) is 0 Å². The van der Waals surface area contributed by atoms with Crippen molar-refractivity contribution >= 4 is 5.69 Å². The summed E-state index contributed by atoms with van der Waals surface area (Å²) in [4.78, 5) is 2.42. The van der Waals surface area contributed by atoms with Crippen molar-refractivity contribution in [3.05, 3.63) is 29.8 Å². The summed E-state index contributed by atoms with van der Waals surface area (Å²) in [6.45, 7) is 7.97. The van der Waals surface area contributed by atoms with E-state index in [0.29, 0.717) is 5.92 Å². The van der Waals surface area contributed by atoms with Crippen LogP contribution in [0.3, 0.4) is 0 Å². The number of aryl methyl sites for hydroxylation is 1. The van der Waals surface area contributed by atoms with Crippen LogP contribution in [0.4, 0.5) is 5.69 Å². The highest BCUT2D eigenvalue weighted by Gasteiger charge is 2.40. The molecule has 0 saturated carbocycles. The topological polar surface area (TPSA) is 23.5 Å². The number of anilines is 1. The van der Waals surface area contributed by atoms with Gasteiger partial charge in [-0.3, -0.25) is 0 Å². The second-order valence-electron chi connectivity index (χ2n) is 5.49. The second-order valence-corrected chi connectivity index (χ2v) is 5.49. The molecule has 1 fully saturated rings. The van der Waals surface area contributed by atoms with Crippen LogP contribution in [0, 0.1) is 5.92 Å². The highest BCUT2D eigenvalue weighted by atomic mass is 16.3. The molecule has 17 heavy (non-hydrogen) atoms. The molecule has 0 bridgehead atoms. The number of hydrogen-bond acceptors (Lipinski definition) is 2. The monoisotopic (exact) mass is 233 g/mol. The molecule has 1 saturated heterocycles. The van der Waals surface area contributed by atoms with Crippen molar-refractivity contribution in [3.8, 4) is 0 Å². The average molecular weight is 233 g/mol. The quantitative estimate of drug-likeness (QED) is 0.867. The van der Waals surface area contributed by atoms with E-state index in [2.05, 4.69) is 49.9 Å². The maximum absolute atomic E-state index is 9.42. The van der Waals surface area contributed by atoms with E-state index in [1.54, 1.807) is 0 Å². The molecule has 0 spiro atoms. The lowest BCUT2D eigenvalue weighted by molar-refractivity contribution is 0.189. The van der Waals surface area contributed by atoms with Crippen LogP contribution in [0.15, 0.2) is 24.3 Å². The van der Waals surface area contributed by atoms with E-state index in [1.807, 2.05) is 0 Å². The summed E-state index contributed by atoms with van der Waals surface area (Å²) in [5.41, 5.74) is 2.72. The first-order valence-corrected chi connectivity index (χ1v) is 6.57. The largest absolute Gasteiger partial charge is 0.396 e. The molecule has 0 aromatic heterocycles. The van der Waals surface area contributed by atoms with Gasteiger partial charge in [0.2, 0.25) is 0 Å². The third-order valence-corrected chi connectivity index (χ3v) is 4.27. The fourth-order valence-electron chi connectivity index (χ4n) is 2.83. The first-order chi connectivity index (χ1) is 8.09. The third-order valence-electron chi connectivity index (χ3n) is 4.27. The summed E-state index contributed by atoms with van der Waals surface area (Å²) >= 11 is 0. The molecule has 1 aliphatic heterocycles. The van der Waals surface area contributed by atoms with E-state index >= 15 is 0 Å². The van der Waals surface area contributed by atoms with Gasteiger partial charge in [0.15, 0.2) is 0 Å². The molecular weight excluding hydrogens is 210 g/mol. The lowest BCUT2D eigenvalue weighted by Gasteiger charge is -2.37. The van der Waals surface area contributed by atoms with Gasteiger partial charge in [-0.2, -0.15) is 0 Å². The molecule has 2 rings (SSSR count). The van der Waals surface area contributed by atoms with Gasteiger partial charge in [-0.1, -0.05) is 19.1 Å². The van der Waals surface area contributed by atoms with Crippen LogP contribution in [0.2, 0.25) is 0 Å². The maximum Gasteiger partial charge on any atom is 0.0482 e. The second kappa shape index (κ2) is 4.69. The third kappa shape index (κ3) is 2.19. The molecule has 2 heteroatoms. The van der Waals surface area contributed by atoms with Crippen LogP contribution in [-0.4, -0.2) is 23.8 Å². The Kier molecular flexibility index (Phi) is 3.43. The van der Waals surface area contributed by atoms with Gasteiger partial charge >= 0.3 is 0 Å². The number of rotatable bonds is 3. The average Bonchev–Trinajstić information content (AvgIpc) is 2.64. The molecule has 1 aliphatic rings. The molecule has 1 heterocycles. The molecule has 94 valence electrons. The van der Waals surface area contributed by atoms with Gasteiger partial charge in [-0.05, 0) is 44.4 Å². The molecule has 0 amide bonds. The molecule has 1 aromatic carbocycles. The molecule has 0 aliphatic carbocycles. The van der Waals surface area contributed by atoms with Gasteiger partial charge in [-0.15, -0.1) is 0 Å². The first-order valence-electron chi connectivity index (χ1n) is 6.57. The predicted molar refractivity (Wildman–Crippen MR) is 72.4 cm³/mol. The Morgan fingerprint density at radius 2 is 1.94 bits per heavy atom. The van der Waals surface area contributed by atoms with Crippen molar-refractivity contribution in [2.24, 2.45) is 5.92 Å². The Bertz CT molecular complexity index is 369. The van der Waals surface area contributed by atoms with Crippen LogP contribution >= 0.6 is 0 Å². The maximum atomic E-state index is 9.42. The highest BCUT2D eigenvalue weighted by Crippen LogP contribution is 2.37. The van der Waals surface area contributed by atoms with Gasteiger partial charge in [0.1, 0.15) is 0 Å². The van der Waals surface area contributed by atoms with E-state index in [-0.39, 0.29) is 12.1 Å². The SMILES string of the molecule is CCc1ccc(N2CCC(CO)C2(C)C)cc1. The van der Waals surface area contributed by atoms with Crippen molar-refractivity contribution in [3.63, 3.8) is 0 Å². The van der Waals surface area contributed by atoms with Crippen LogP contribution in [0.5, 0.6) is 0 Å². The molecule has 1 atom stereocenters. The van der Waals surface area contributed by atoms with Crippen molar-refractivity contribution in [1.82, 2.24) is 0 Å². The molecule has 1 N–H and O–H groups in total. The number of nitrogens with zero attached hydrogens (tertiary/aromatic N) is 1. The van der Waals surface area contributed by atoms with E-state index < -0.39 is 0 Å². The highest BCUT2D eigenvalue weighted by molar-refractivity contribution is 5.51. The van der Waals surface area contributed by atoms with Crippen molar-refractivity contribution in [2.45, 2.75) is 39.2 Å². The van der Waals surface area contributed by atoms with Crippen LogP contribution in [0.25, 0.3) is 0 Å². The van der Waals surface area contributed by atoms with Crippen molar-refractivity contribution in [1.29, 1.82) is 0 Å². The van der Waals surface area contributed by atoms with Crippen LogP contribution < -0.4 is 4.90 Å². The van der Waals surface area contributed by atoms with Crippen molar-refractivity contribution in [2.75, 3.05) is 18.1 Å². The van der Waals surface area contributed by atoms with E-state index in [1.165, 1.54) is 11.3 Å². The standard InChI is InChI=1S/C15H23NO/c1-4-12-5-7-14(8-6-12)16-10-9-13(11-17)15(16,2)3/h5-8,13,17H,4,9-11H2,1-3H3. The summed E-state index contributed by atoms with van der Waals surface area (Å²) in [7, 11) is 0. The first kappa shape index (κ1) is 12.4. The minimum Gasteiger partial charge on any atom is -0.396 e. The van der Waals surface area contributed by atoms with E-state index in [4.69, 9.17) is 0 Å². The zero-order chi connectivity index (χ0) is 12.5. The summed E-state index contributed by atoms with van der Waals surface area (Å²) in [5.74, 6) is 0.383. The number of benzene rings is 1. The molecule has 0 radical (unpaired) electrons. The Balaban J connectivity index is 2.22. The Morgan fingerprint density at radius 3 is 2.41 bits per heavy atom. The molecular formula is C15H23NO. The van der Waals surface area contributed by atoms with Crippen molar-refractivity contribution < 1.29 is 5.11 Å². The van der Waals surface area contributed by atoms with Gasteiger partial charge in [0.05, 0.1) is 0 Å². The van der Waals surface area contributed by atoms with Gasteiger partial charge in [0, 0.05) is 30.3 Å². The lowest BCUT2D eigenvalue weighted by Crippen LogP contribution is -2.43. The number of aliphatic hydroxyl groups excluding tert-OH is 1. The number of hydrogen-bond donors (Lipinski definition) is 1. The van der Waals surface area contributed by atoms with Crippen LogP contribution in [0.1, 0.15) is 32.8 Å². The fourth-order valence-corrected chi connectivity index (χ4v) is 2.83. The Hall–Kier alpha value is -1.02. The molecule has 2 nitrogen and oxygen atoms in total. The zero-order valence-corrected chi connectivity index (χ0v) is 11.1. The predicted octanol–water partition coefficient (Wildman–Crippen LogP) is 2.85. The Morgan fingerprint density at radius 1 is 1.29 bits per heavy atom. The van der Waals surface area contributed by atoms with Gasteiger partial charge < -0.3 is 10.0 Å². The number of aliphatic hydroxyl groups is 1. The summed E-state index contributed by atoms with van der Waals surface area (Å²) in [5, 5.41) is 9.42. The lowest BCUT2D eigenvalue weighted by atomic mass is 9.89. The zero-order valence-electron chi connectivity index (χ0n) is 11.1. The normalized spacial score (nSPS) is 23.1. The molecule has 1 unspecified atom stereocenters. The summed E-state index contributed by atoms with van der Waals surface area (Å²) in [6.07, 6.45) is 2.17. The van der Waals surface area contributed by atoms with Gasteiger partial charge in [0.25, 0.3) is 0 Å². The van der Waals surface area contributed by atoms with Crippen LogP contribution in [-0.2, 0) is 6.42 Å². The smallest absolute Gasteiger partial charge is 0.0482 e. The summed E-state index contributed by atoms with van der Waals surface area (Å²) < 4.78 is 0.